The third-order valence-corrected chi connectivity index (χ3v) is 3.88. The zero-order valence-corrected chi connectivity index (χ0v) is 9.34. The number of sulfone groups is 1. The van der Waals surface area contributed by atoms with Crippen LogP contribution >= 0.6 is 0 Å². The normalized spacial score (nSPS) is 17.7. The molecule has 1 aromatic rings. The molecule has 0 fully saturated rings. The van der Waals surface area contributed by atoms with Crippen molar-refractivity contribution in [3.63, 3.8) is 0 Å². The summed E-state index contributed by atoms with van der Waals surface area (Å²) < 4.78 is 22.8. The first-order chi connectivity index (χ1) is 7.02. The second-order valence-electron chi connectivity index (χ2n) is 3.72. The van der Waals surface area contributed by atoms with E-state index in [1.54, 1.807) is 0 Å². The first kappa shape index (κ1) is 10.5. The van der Waals surface area contributed by atoms with Crippen LogP contribution in [0.25, 0.3) is 0 Å². The highest BCUT2D eigenvalue weighted by molar-refractivity contribution is 7.90. The molecule has 82 valence electrons. The van der Waals surface area contributed by atoms with E-state index < -0.39 is 9.84 Å². The van der Waals surface area contributed by atoms with E-state index in [2.05, 4.69) is 9.97 Å². The third kappa shape index (κ3) is 2.00. The highest BCUT2D eigenvalue weighted by Gasteiger charge is 2.28. The maximum absolute atomic E-state index is 11.4. The molecule has 0 aromatic carbocycles. The summed E-state index contributed by atoms with van der Waals surface area (Å²) in [6.07, 6.45) is 0.591. The highest BCUT2D eigenvalue weighted by Crippen LogP contribution is 2.25. The van der Waals surface area contributed by atoms with E-state index >= 15 is 0 Å². The molecule has 1 aromatic heterocycles. The molecule has 2 N–H and O–H groups in total. The maximum atomic E-state index is 11.4. The second-order valence-corrected chi connectivity index (χ2v) is 5.79. The lowest BCUT2D eigenvalue weighted by Gasteiger charge is -2.04. The molecule has 0 unspecified atom stereocenters. The zero-order chi connectivity index (χ0) is 11.1. The van der Waals surface area contributed by atoms with Crippen LogP contribution in [-0.2, 0) is 27.8 Å². The van der Waals surface area contributed by atoms with Gasteiger partial charge in [-0.15, -0.1) is 0 Å². The van der Waals surface area contributed by atoms with Crippen LogP contribution < -0.4 is 5.73 Å². The summed E-state index contributed by atoms with van der Waals surface area (Å²) in [7, 11) is -2.99. The van der Waals surface area contributed by atoms with Gasteiger partial charge >= 0.3 is 0 Å². The van der Waals surface area contributed by atoms with Gasteiger partial charge < -0.3 is 5.73 Å². The molecular formula is C9H13N3O2S. The molecule has 2 rings (SSSR count). The summed E-state index contributed by atoms with van der Waals surface area (Å²) >= 11 is 0. The van der Waals surface area contributed by atoms with Gasteiger partial charge in [-0.25, -0.2) is 18.4 Å². The smallest absolute Gasteiger partial charge is 0.160 e. The van der Waals surface area contributed by atoms with E-state index in [4.69, 9.17) is 5.73 Å². The fourth-order valence-corrected chi connectivity index (χ4v) is 3.32. The molecule has 0 saturated heterocycles. The fraction of sp³-hybridized carbons (Fsp3) is 0.556. The average Bonchev–Trinajstić information content (AvgIpc) is 2.41. The van der Waals surface area contributed by atoms with Crippen molar-refractivity contribution in [2.45, 2.75) is 24.9 Å². The fourth-order valence-electron chi connectivity index (χ4n) is 1.75. The number of fused-ring (bicyclic) bond motifs is 1. The van der Waals surface area contributed by atoms with Crippen molar-refractivity contribution in [2.75, 3.05) is 6.54 Å². The number of aromatic nitrogens is 2. The molecule has 2 heterocycles. The molecule has 0 amide bonds. The number of nitrogens with two attached hydrogens (primary N) is 1. The van der Waals surface area contributed by atoms with Gasteiger partial charge in [0.1, 0.15) is 5.82 Å². The van der Waals surface area contributed by atoms with Gasteiger partial charge in [0.15, 0.2) is 9.84 Å². The Labute approximate surface area is 88.7 Å². The zero-order valence-electron chi connectivity index (χ0n) is 8.52. The van der Waals surface area contributed by atoms with Crippen LogP contribution in [0.4, 0.5) is 0 Å². The molecule has 15 heavy (non-hydrogen) atoms. The molecule has 1 aliphatic heterocycles. The van der Waals surface area contributed by atoms with Crippen LogP contribution in [0, 0.1) is 6.92 Å². The summed E-state index contributed by atoms with van der Waals surface area (Å²) in [5, 5.41) is 0. The van der Waals surface area contributed by atoms with Crippen molar-refractivity contribution < 1.29 is 8.42 Å². The number of aryl methyl sites for hydroxylation is 1. The molecule has 0 spiro atoms. The van der Waals surface area contributed by atoms with Gasteiger partial charge in [0.25, 0.3) is 0 Å². The largest absolute Gasteiger partial charge is 0.330 e. The number of nitrogens with zero attached hydrogens (tertiary/aromatic N) is 2. The number of rotatable bonds is 2. The van der Waals surface area contributed by atoms with Crippen molar-refractivity contribution in [3.8, 4) is 0 Å². The van der Waals surface area contributed by atoms with E-state index in [9.17, 15) is 8.42 Å². The molecule has 6 heteroatoms. The van der Waals surface area contributed by atoms with Crippen molar-refractivity contribution in [3.05, 3.63) is 22.8 Å². The molecule has 5 nitrogen and oxygen atoms in total. The first-order valence-electron chi connectivity index (χ1n) is 4.77. The number of hydrogen-bond acceptors (Lipinski definition) is 5. The molecule has 0 atom stereocenters. The summed E-state index contributed by atoms with van der Waals surface area (Å²) in [5.74, 6) is 0.770. The summed E-state index contributed by atoms with van der Waals surface area (Å²) in [6.45, 7) is 2.30. The quantitative estimate of drug-likeness (QED) is 0.750. The first-order valence-corrected chi connectivity index (χ1v) is 6.60. The molecule has 0 aliphatic carbocycles. The molecule has 0 saturated carbocycles. The Morgan fingerprint density at radius 3 is 2.73 bits per heavy atom. The Balaban J connectivity index is 2.46. The predicted octanol–water partition coefficient (Wildman–Crippen LogP) is -0.285. The Morgan fingerprint density at radius 2 is 2.07 bits per heavy atom. The van der Waals surface area contributed by atoms with Crippen LogP contribution in [-0.4, -0.2) is 24.9 Å². The molecular weight excluding hydrogens is 214 g/mol. The summed E-state index contributed by atoms with van der Waals surface area (Å²) in [5.41, 5.74) is 7.61. The van der Waals surface area contributed by atoms with E-state index in [0.29, 0.717) is 24.5 Å². The van der Waals surface area contributed by atoms with Gasteiger partial charge in [-0.05, 0) is 13.5 Å². The van der Waals surface area contributed by atoms with Crippen LogP contribution in [0.15, 0.2) is 0 Å². The minimum atomic E-state index is -2.99. The van der Waals surface area contributed by atoms with Gasteiger partial charge in [0, 0.05) is 17.7 Å². The van der Waals surface area contributed by atoms with E-state index in [1.165, 1.54) is 0 Å². The van der Waals surface area contributed by atoms with Crippen molar-refractivity contribution in [1.29, 1.82) is 0 Å². The van der Waals surface area contributed by atoms with Gasteiger partial charge in [-0.1, -0.05) is 0 Å². The predicted molar refractivity (Wildman–Crippen MR) is 55.9 cm³/mol. The van der Waals surface area contributed by atoms with Crippen LogP contribution in [0.5, 0.6) is 0 Å². The monoisotopic (exact) mass is 227 g/mol. The summed E-state index contributed by atoms with van der Waals surface area (Å²) in [4.78, 5) is 8.47. The highest BCUT2D eigenvalue weighted by atomic mass is 32.2. The Hall–Kier alpha value is -1.01. The lowest BCUT2D eigenvalue weighted by atomic mass is 10.2. The standard InChI is InChI=1S/C9H13N3O2S/c1-6-7-4-15(13,14)5-8(7)12-9(11-6)2-3-10/h2-5,10H2,1H3. The Bertz CT molecular complexity index is 496. The van der Waals surface area contributed by atoms with Crippen molar-refractivity contribution in [2.24, 2.45) is 5.73 Å². The third-order valence-electron chi connectivity index (χ3n) is 2.43. The lowest BCUT2D eigenvalue weighted by Crippen LogP contribution is -2.09. The lowest BCUT2D eigenvalue weighted by molar-refractivity contribution is 0.597. The van der Waals surface area contributed by atoms with Crippen molar-refractivity contribution >= 4 is 9.84 Å². The van der Waals surface area contributed by atoms with Gasteiger partial charge in [0.05, 0.1) is 17.2 Å². The minimum Gasteiger partial charge on any atom is -0.330 e. The second kappa shape index (κ2) is 3.53. The van der Waals surface area contributed by atoms with Gasteiger partial charge in [0.2, 0.25) is 0 Å². The number of hydrogen-bond donors (Lipinski definition) is 1. The average molecular weight is 227 g/mol. The van der Waals surface area contributed by atoms with Gasteiger partial charge in [-0.3, -0.25) is 0 Å². The topological polar surface area (TPSA) is 85.9 Å². The van der Waals surface area contributed by atoms with Gasteiger partial charge in [-0.2, -0.15) is 0 Å². The van der Waals surface area contributed by atoms with Crippen LogP contribution in [0.3, 0.4) is 0 Å². The molecule has 0 bridgehead atoms. The van der Waals surface area contributed by atoms with E-state index in [0.717, 1.165) is 11.3 Å². The van der Waals surface area contributed by atoms with E-state index in [-0.39, 0.29) is 11.5 Å². The van der Waals surface area contributed by atoms with Crippen LogP contribution in [0.1, 0.15) is 22.8 Å². The van der Waals surface area contributed by atoms with E-state index in [1.807, 2.05) is 6.92 Å². The Kier molecular flexibility index (Phi) is 2.47. The molecule has 1 aliphatic rings. The SMILES string of the molecule is Cc1nc(CCN)nc2c1CS(=O)(=O)C2. The molecule has 0 radical (unpaired) electrons. The summed E-state index contributed by atoms with van der Waals surface area (Å²) in [6, 6.07) is 0. The minimum absolute atomic E-state index is 0.0449. The Morgan fingerprint density at radius 1 is 1.33 bits per heavy atom. The van der Waals surface area contributed by atoms with Crippen LogP contribution in [0.2, 0.25) is 0 Å². The maximum Gasteiger partial charge on any atom is 0.160 e. The van der Waals surface area contributed by atoms with Crippen molar-refractivity contribution in [1.82, 2.24) is 9.97 Å².